The predicted molar refractivity (Wildman–Crippen MR) is 67.2 cm³/mol. The molecule has 0 aliphatic rings. The summed E-state index contributed by atoms with van der Waals surface area (Å²) < 4.78 is 0. The molecule has 0 N–H and O–H groups in total. The summed E-state index contributed by atoms with van der Waals surface area (Å²) in [5.41, 5.74) is 0.975. The van der Waals surface area contributed by atoms with Crippen molar-refractivity contribution in [2.75, 3.05) is 13.6 Å². The maximum atomic E-state index is 10.8. The van der Waals surface area contributed by atoms with Crippen molar-refractivity contribution in [3.05, 3.63) is 33.8 Å². The van der Waals surface area contributed by atoms with E-state index < -0.39 is 0 Å². The summed E-state index contributed by atoms with van der Waals surface area (Å²) in [5, 5.41) is 0.991. The average Bonchev–Trinajstić information content (AvgIpc) is 2.15. The molecule has 0 saturated carbocycles. The van der Waals surface area contributed by atoms with Gasteiger partial charge >= 0.3 is 0 Å². The van der Waals surface area contributed by atoms with Gasteiger partial charge in [0.05, 0.1) is 0 Å². The number of benzene rings is 1. The first-order valence-electron chi connectivity index (χ1n) is 4.38. The van der Waals surface area contributed by atoms with Crippen LogP contribution >= 0.6 is 35.8 Å². The Morgan fingerprint density at radius 3 is 2.67 bits per heavy atom. The van der Waals surface area contributed by atoms with Gasteiger partial charge in [-0.3, -0.25) is 4.79 Å². The van der Waals surface area contributed by atoms with Gasteiger partial charge in [0.15, 0.2) is 0 Å². The zero-order valence-electron chi connectivity index (χ0n) is 8.20. The highest BCUT2D eigenvalue weighted by molar-refractivity contribution is 7.96. The summed E-state index contributed by atoms with van der Waals surface area (Å²) in [6.07, 6.45) is 0.693. The van der Waals surface area contributed by atoms with Crippen LogP contribution in [0.2, 0.25) is 10.0 Å². The number of carbonyl (C=O) groups is 1. The molecule has 0 bridgehead atoms. The molecule has 1 amide bonds. The fourth-order valence-corrected chi connectivity index (χ4v) is 1.71. The molecule has 0 aliphatic heterocycles. The van der Waals surface area contributed by atoms with Crippen LogP contribution in [0.3, 0.4) is 0 Å². The van der Waals surface area contributed by atoms with Gasteiger partial charge in [-0.15, -0.1) is 0 Å². The third-order valence-electron chi connectivity index (χ3n) is 2.06. The fourth-order valence-electron chi connectivity index (χ4n) is 1.11. The minimum absolute atomic E-state index is 0.250. The first kappa shape index (κ1) is 12.7. The number of carbonyl (C=O) groups excluding carboxylic acids is 1. The Bertz CT molecular complexity index is 370. The van der Waals surface area contributed by atoms with Crippen molar-refractivity contribution >= 4 is 41.1 Å². The summed E-state index contributed by atoms with van der Waals surface area (Å²) in [6.45, 7) is 0.587. The van der Waals surface area contributed by atoms with E-state index >= 15 is 0 Å². The zero-order chi connectivity index (χ0) is 11.4. The second-order valence-electron chi connectivity index (χ2n) is 3.19. The smallest absolute Gasteiger partial charge is 0.278 e. The molecule has 82 valence electrons. The molecule has 5 heteroatoms. The standard InChI is InChI=1S/C10H11Cl2NOS/c1-13(10(14)15)5-4-7-2-3-8(11)6-9(7)12/h2-3,6H,4-5H2,1H3,(H,14,15). The van der Waals surface area contributed by atoms with Gasteiger partial charge in [-0.25, -0.2) is 0 Å². The van der Waals surface area contributed by atoms with Crippen molar-refractivity contribution < 1.29 is 4.79 Å². The summed E-state index contributed by atoms with van der Waals surface area (Å²) in [5.74, 6) is 0. The minimum Gasteiger partial charge on any atom is -0.337 e. The highest BCUT2D eigenvalue weighted by Gasteiger charge is 2.05. The molecule has 0 radical (unpaired) electrons. The number of likely N-dealkylation sites (N-methyl/N-ethyl adjacent to an activating group) is 1. The van der Waals surface area contributed by atoms with E-state index in [9.17, 15) is 4.79 Å². The lowest BCUT2D eigenvalue weighted by molar-refractivity contribution is 0.234. The SMILES string of the molecule is CN(CCc1ccc(Cl)cc1Cl)C(=O)S. The van der Waals surface area contributed by atoms with E-state index in [0.29, 0.717) is 23.0 Å². The molecular weight excluding hydrogens is 253 g/mol. The van der Waals surface area contributed by atoms with Crippen molar-refractivity contribution in [3.8, 4) is 0 Å². The van der Waals surface area contributed by atoms with Crippen LogP contribution in [0.1, 0.15) is 5.56 Å². The number of halogens is 2. The van der Waals surface area contributed by atoms with Gasteiger partial charge < -0.3 is 4.90 Å². The van der Waals surface area contributed by atoms with Gasteiger partial charge in [-0.05, 0) is 24.1 Å². The molecule has 0 aromatic heterocycles. The number of amides is 1. The van der Waals surface area contributed by atoms with E-state index in [2.05, 4.69) is 12.6 Å². The number of hydrogen-bond donors (Lipinski definition) is 1. The monoisotopic (exact) mass is 263 g/mol. The second kappa shape index (κ2) is 5.64. The Balaban J connectivity index is 2.62. The van der Waals surface area contributed by atoms with Gasteiger partial charge in [0.25, 0.3) is 5.24 Å². The number of rotatable bonds is 3. The van der Waals surface area contributed by atoms with Gasteiger partial charge in [-0.2, -0.15) is 0 Å². The highest BCUT2D eigenvalue weighted by atomic mass is 35.5. The molecule has 1 aromatic rings. The average molecular weight is 264 g/mol. The van der Waals surface area contributed by atoms with Crippen molar-refractivity contribution in [1.29, 1.82) is 0 Å². The van der Waals surface area contributed by atoms with E-state index in [4.69, 9.17) is 23.2 Å². The van der Waals surface area contributed by atoms with E-state index in [-0.39, 0.29) is 5.24 Å². The third-order valence-corrected chi connectivity index (χ3v) is 2.99. The van der Waals surface area contributed by atoms with E-state index in [1.165, 1.54) is 4.90 Å². The topological polar surface area (TPSA) is 20.3 Å². The lowest BCUT2D eigenvalue weighted by Crippen LogP contribution is -2.23. The quantitative estimate of drug-likeness (QED) is 0.828. The second-order valence-corrected chi connectivity index (χ2v) is 4.42. The van der Waals surface area contributed by atoms with Crippen LogP contribution in [-0.4, -0.2) is 23.7 Å². The highest BCUT2D eigenvalue weighted by Crippen LogP contribution is 2.21. The molecule has 2 nitrogen and oxygen atoms in total. The molecule has 15 heavy (non-hydrogen) atoms. The van der Waals surface area contributed by atoms with Crippen LogP contribution in [0.4, 0.5) is 4.79 Å². The van der Waals surface area contributed by atoms with Crippen LogP contribution in [0, 0.1) is 0 Å². The van der Waals surface area contributed by atoms with Crippen LogP contribution in [0.5, 0.6) is 0 Å². The molecule has 0 unspecified atom stereocenters. The Morgan fingerprint density at radius 1 is 1.47 bits per heavy atom. The molecule has 0 aliphatic carbocycles. The predicted octanol–water partition coefficient (Wildman–Crippen LogP) is 3.52. The van der Waals surface area contributed by atoms with Gasteiger partial charge in [-0.1, -0.05) is 41.9 Å². The van der Waals surface area contributed by atoms with E-state index in [1.54, 1.807) is 19.2 Å². The normalized spacial score (nSPS) is 10.1. The Kier molecular flexibility index (Phi) is 4.77. The number of hydrogen-bond acceptors (Lipinski definition) is 1. The van der Waals surface area contributed by atoms with Crippen molar-refractivity contribution in [2.24, 2.45) is 0 Å². The van der Waals surface area contributed by atoms with Crippen molar-refractivity contribution in [1.82, 2.24) is 4.90 Å². The van der Waals surface area contributed by atoms with Crippen LogP contribution < -0.4 is 0 Å². The lowest BCUT2D eigenvalue weighted by Gasteiger charge is -2.14. The third kappa shape index (κ3) is 3.93. The zero-order valence-corrected chi connectivity index (χ0v) is 10.6. The van der Waals surface area contributed by atoms with E-state index in [1.807, 2.05) is 6.07 Å². The van der Waals surface area contributed by atoms with Crippen molar-refractivity contribution in [2.45, 2.75) is 6.42 Å². The number of nitrogens with zero attached hydrogens (tertiary/aromatic N) is 1. The van der Waals surface area contributed by atoms with Crippen LogP contribution in [0.15, 0.2) is 18.2 Å². The van der Waals surface area contributed by atoms with Gasteiger partial charge in [0.2, 0.25) is 0 Å². The first-order valence-corrected chi connectivity index (χ1v) is 5.59. The summed E-state index contributed by atoms with van der Waals surface area (Å²) >= 11 is 15.5. The minimum atomic E-state index is -0.250. The summed E-state index contributed by atoms with van der Waals surface area (Å²) in [7, 11) is 1.69. The molecule has 0 saturated heterocycles. The Morgan fingerprint density at radius 2 is 2.13 bits per heavy atom. The fraction of sp³-hybridized carbons (Fsp3) is 0.300. The summed E-state index contributed by atoms with van der Waals surface area (Å²) in [4.78, 5) is 12.4. The van der Waals surface area contributed by atoms with Gasteiger partial charge in [0, 0.05) is 23.6 Å². The summed E-state index contributed by atoms with van der Waals surface area (Å²) in [6, 6.07) is 5.34. The first-order chi connectivity index (χ1) is 7.00. The van der Waals surface area contributed by atoms with Crippen molar-refractivity contribution in [3.63, 3.8) is 0 Å². The molecule has 0 atom stereocenters. The maximum absolute atomic E-state index is 10.8. The molecule has 1 rings (SSSR count). The van der Waals surface area contributed by atoms with Gasteiger partial charge in [0.1, 0.15) is 0 Å². The van der Waals surface area contributed by atoms with Crippen LogP contribution in [0.25, 0.3) is 0 Å². The van der Waals surface area contributed by atoms with E-state index in [0.717, 1.165) is 5.56 Å². The molecule has 0 spiro atoms. The Labute approximate surface area is 105 Å². The molecule has 1 aromatic carbocycles. The number of thiol groups is 1. The van der Waals surface area contributed by atoms with Crippen LogP contribution in [-0.2, 0) is 6.42 Å². The lowest BCUT2D eigenvalue weighted by atomic mass is 10.1. The largest absolute Gasteiger partial charge is 0.337 e. The molecule has 0 heterocycles. The molecule has 0 fully saturated rings. The molecular formula is C10H11Cl2NOS. The maximum Gasteiger partial charge on any atom is 0.278 e. The Hall–Kier alpha value is -0.380.